The fourth-order valence-corrected chi connectivity index (χ4v) is 2.96. The molecule has 1 N–H and O–H groups in total. The van der Waals surface area contributed by atoms with Gasteiger partial charge < -0.3 is 10.1 Å². The Bertz CT molecular complexity index is 886. The molecule has 2 aromatic heterocycles. The molecule has 0 fully saturated rings. The van der Waals surface area contributed by atoms with Gasteiger partial charge in [0.1, 0.15) is 4.88 Å². The van der Waals surface area contributed by atoms with Crippen molar-refractivity contribution in [1.82, 2.24) is 15.0 Å². The highest BCUT2D eigenvalue weighted by Gasteiger charge is 2.21. The normalized spacial score (nSPS) is 10.4. The van der Waals surface area contributed by atoms with Gasteiger partial charge >= 0.3 is 5.97 Å². The number of rotatable bonds is 4. The van der Waals surface area contributed by atoms with E-state index in [0.717, 1.165) is 5.69 Å². The van der Waals surface area contributed by atoms with Gasteiger partial charge in [-0.2, -0.15) is 0 Å². The molecular weight excluding hydrogens is 328 g/mol. The molecule has 24 heavy (non-hydrogen) atoms. The van der Waals surface area contributed by atoms with Crippen LogP contribution in [0.2, 0.25) is 0 Å². The molecule has 3 aromatic rings. The van der Waals surface area contributed by atoms with Gasteiger partial charge in [-0.15, -0.1) is 16.4 Å². The number of hydrogen-bond donors (Lipinski definition) is 1. The zero-order chi connectivity index (χ0) is 17.1. The monoisotopic (exact) mass is 342 g/mol. The lowest BCUT2D eigenvalue weighted by Crippen LogP contribution is -2.15. The smallest absolute Gasteiger partial charge is 0.350 e. The molecular formula is C16H14N4O3S. The Hall–Kier alpha value is -3.00. The third-order valence-corrected chi connectivity index (χ3v) is 4.29. The number of ether oxygens (including phenoxy) is 1. The Labute approximate surface area is 141 Å². The van der Waals surface area contributed by atoms with Gasteiger partial charge in [-0.3, -0.25) is 4.79 Å². The number of esters is 1. The second kappa shape index (κ2) is 6.63. The summed E-state index contributed by atoms with van der Waals surface area (Å²) < 4.78 is 6.28. The molecule has 0 aliphatic heterocycles. The number of aromatic nitrogens is 3. The number of hydrogen-bond acceptors (Lipinski definition) is 6. The van der Waals surface area contributed by atoms with Crippen LogP contribution in [0.4, 0.5) is 5.69 Å². The molecule has 1 aromatic carbocycles. The number of amides is 1. The van der Waals surface area contributed by atoms with Gasteiger partial charge in [0.15, 0.2) is 5.69 Å². The van der Waals surface area contributed by atoms with Crippen molar-refractivity contribution in [1.29, 1.82) is 0 Å². The van der Waals surface area contributed by atoms with Gasteiger partial charge in [-0.05, 0) is 30.5 Å². The van der Waals surface area contributed by atoms with Gasteiger partial charge in [-0.1, -0.05) is 23.4 Å². The Morgan fingerprint density at radius 1 is 1.21 bits per heavy atom. The van der Waals surface area contributed by atoms with Gasteiger partial charge in [0.05, 0.1) is 24.2 Å². The topological polar surface area (TPSA) is 86.1 Å². The highest BCUT2D eigenvalue weighted by molar-refractivity contribution is 7.12. The standard InChI is InChI=1S/C16H14N4O3S/c1-10-13(18-19-20(10)11-6-4-3-5-7-11)15(21)17-12-8-9-24-14(12)16(22)23-2/h3-9H,1-2H3,(H,17,21). The van der Waals surface area contributed by atoms with Gasteiger partial charge in [0.2, 0.25) is 0 Å². The number of carbonyl (C=O) groups is 2. The van der Waals surface area contributed by atoms with E-state index in [-0.39, 0.29) is 5.69 Å². The molecule has 0 aliphatic carbocycles. The average molecular weight is 342 g/mol. The van der Waals surface area contributed by atoms with Crippen LogP contribution in [0.15, 0.2) is 41.8 Å². The first-order valence-electron chi connectivity index (χ1n) is 7.06. The van der Waals surface area contributed by atoms with Crippen LogP contribution in [0.1, 0.15) is 25.9 Å². The summed E-state index contributed by atoms with van der Waals surface area (Å²) >= 11 is 1.20. The minimum Gasteiger partial charge on any atom is -0.465 e. The van der Waals surface area contributed by atoms with Crippen molar-refractivity contribution in [2.45, 2.75) is 6.92 Å². The Kier molecular flexibility index (Phi) is 4.39. The van der Waals surface area contributed by atoms with E-state index in [9.17, 15) is 9.59 Å². The van der Waals surface area contributed by atoms with Gasteiger partial charge in [0, 0.05) is 0 Å². The summed E-state index contributed by atoms with van der Waals surface area (Å²) in [6, 6.07) is 11.0. The number of methoxy groups -OCH3 is 1. The number of carbonyl (C=O) groups excluding carboxylic acids is 2. The highest BCUT2D eigenvalue weighted by atomic mass is 32.1. The van der Waals surface area contributed by atoms with E-state index in [1.165, 1.54) is 18.4 Å². The van der Waals surface area contributed by atoms with E-state index < -0.39 is 11.9 Å². The molecule has 8 heteroatoms. The lowest BCUT2D eigenvalue weighted by atomic mass is 10.2. The molecule has 0 atom stereocenters. The minimum absolute atomic E-state index is 0.195. The Balaban J connectivity index is 1.86. The predicted molar refractivity (Wildman–Crippen MR) is 89.7 cm³/mol. The molecule has 2 heterocycles. The first-order valence-corrected chi connectivity index (χ1v) is 7.94. The number of benzene rings is 1. The molecule has 122 valence electrons. The van der Waals surface area contributed by atoms with Crippen molar-refractivity contribution in [3.63, 3.8) is 0 Å². The number of nitrogens with one attached hydrogen (secondary N) is 1. The van der Waals surface area contributed by atoms with Gasteiger partial charge in [0.25, 0.3) is 5.91 Å². The number of nitrogens with zero attached hydrogens (tertiary/aromatic N) is 3. The number of thiophene rings is 1. The summed E-state index contributed by atoms with van der Waals surface area (Å²) in [5.41, 5.74) is 2.01. The van der Waals surface area contributed by atoms with Crippen molar-refractivity contribution in [2.75, 3.05) is 12.4 Å². The van der Waals surface area contributed by atoms with Crippen molar-refractivity contribution in [2.24, 2.45) is 0 Å². The minimum atomic E-state index is -0.495. The summed E-state index contributed by atoms with van der Waals surface area (Å²) in [6.07, 6.45) is 0. The molecule has 0 aliphatic rings. The summed E-state index contributed by atoms with van der Waals surface area (Å²) in [7, 11) is 1.29. The van der Waals surface area contributed by atoms with E-state index in [2.05, 4.69) is 15.6 Å². The third-order valence-electron chi connectivity index (χ3n) is 3.39. The molecule has 0 saturated heterocycles. The fourth-order valence-electron chi connectivity index (χ4n) is 2.19. The van der Waals surface area contributed by atoms with Crippen molar-refractivity contribution in [3.05, 3.63) is 58.0 Å². The molecule has 0 radical (unpaired) electrons. The number of anilines is 1. The van der Waals surface area contributed by atoms with Crippen LogP contribution >= 0.6 is 11.3 Å². The molecule has 0 saturated carbocycles. The molecule has 0 bridgehead atoms. The van der Waals surface area contributed by atoms with Crippen LogP contribution in [0.3, 0.4) is 0 Å². The fraction of sp³-hybridized carbons (Fsp3) is 0.125. The average Bonchev–Trinajstić information content (AvgIpc) is 3.21. The van der Waals surface area contributed by atoms with Crippen LogP contribution in [-0.4, -0.2) is 34.0 Å². The molecule has 7 nitrogen and oxygen atoms in total. The van der Waals surface area contributed by atoms with E-state index in [4.69, 9.17) is 4.74 Å². The van der Waals surface area contributed by atoms with E-state index >= 15 is 0 Å². The van der Waals surface area contributed by atoms with Crippen molar-refractivity contribution >= 4 is 28.9 Å². The lowest BCUT2D eigenvalue weighted by Gasteiger charge is -2.05. The summed E-state index contributed by atoms with van der Waals surface area (Å²) in [5.74, 6) is -0.928. The maximum atomic E-state index is 12.5. The SMILES string of the molecule is COC(=O)c1sccc1NC(=O)c1nnn(-c2ccccc2)c1C. The van der Waals surface area contributed by atoms with Gasteiger partial charge in [-0.25, -0.2) is 9.48 Å². The van der Waals surface area contributed by atoms with Crippen LogP contribution < -0.4 is 5.32 Å². The quantitative estimate of drug-likeness (QED) is 0.737. The first-order chi connectivity index (χ1) is 11.6. The second-order valence-electron chi connectivity index (χ2n) is 4.88. The molecule has 0 unspecified atom stereocenters. The molecule has 0 spiro atoms. The zero-order valence-electron chi connectivity index (χ0n) is 13.0. The predicted octanol–water partition coefficient (Wildman–Crippen LogP) is 2.68. The molecule has 3 rings (SSSR count). The van der Waals surface area contributed by atoms with E-state index in [0.29, 0.717) is 16.3 Å². The Morgan fingerprint density at radius 3 is 2.67 bits per heavy atom. The lowest BCUT2D eigenvalue weighted by molar-refractivity contribution is 0.0607. The number of para-hydroxylation sites is 1. The zero-order valence-corrected chi connectivity index (χ0v) is 13.8. The summed E-state index contributed by atoms with van der Waals surface area (Å²) in [6.45, 7) is 1.76. The van der Waals surface area contributed by atoms with E-state index in [1.54, 1.807) is 23.1 Å². The largest absolute Gasteiger partial charge is 0.465 e. The first kappa shape index (κ1) is 15.9. The Morgan fingerprint density at radius 2 is 1.96 bits per heavy atom. The van der Waals surface area contributed by atoms with Crippen LogP contribution in [-0.2, 0) is 4.74 Å². The van der Waals surface area contributed by atoms with Crippen LogP contribution in [0, 0.1) is 6.92 Å². The van der Waals surface area contributed by atoms with Crippen LogP contribution in [0.5, 0.6) is 0 Å². The third kappa shape index (κ3) is 2.91. The maximum absolute atomic E-state index is 12.5. The van der Waals surface area contributed by atoms with Crippen molar-refractivity contribution < 1.29 is 14.3 Å². The maximum Gasteiger partial charge on any atom is 0.350 e. The summed E-state index contributed by atoms with van der Waals surface area (Å²) in [4.78, 5) is 24.5. The second-order valence-corrected chi connectivity index (χ2v) is 5.80. The van der Waals surface area contributed by atoms with Crippen LogP contribution in [0.25, 0.3) is 5.69 Å². The highest BCUT2D eigenvalue weighted by Crippen LogP contribution is 2.24. The van der Waals surface area contributed by atoms with E-state index in [1.807, 2.05) is 30.3 Å². The summed E-state index contributed by atoms with van der Waals surface area (Å²) in [5, 5.41) is 12.4. The van der Waals surface area contributed by atoms with Crippen molar-refractivity contribution in [3.8, 4) is 5.69 Å². The molecule has 1 amide bonds.